The lowest BCUT2D eigenvalue weighted by Crippen LogP contribution is -2.12. The lowest BCUT2D eigenvalue weighted by atomic mass is 10.2. The lowest BCUT2D eigenvalue weighted by Gasteiger charge is -2.02. The monoisotopic (exact) mass is 234 g/mol. The van der Waals surface area contributed by atoms with Crippen LogP contribution in [0.3, 0.4) is 0 Å². The first-order valence-electron chi connectivity index (χ1n) is 4.65. The van der Waals surface area contributed by atoms with Crippen LogP contribution in [0.5, 0.6) is 0 Å². The highest BCUT2D eigenvalue weighted by molar-refractivity contribution is 7.13. The first-order valence-corrected chi connectivity index (χ1v) is 5.53. The first-order chi connectivity index (χ1) is 7.79. The largest absolute Gasteiger partial charge is 0.325 e. The minimum atomic E-state index is -0.202. The summed E-state index contributed by atoms with van der Waals surface area (Å²) in [6, 6.07) is 3.31. The topological polar surface area (TPSA) is 80.9 Å². The molecule has 16 heavy (non-hydrogen) atoms. The van der Waals surface area contributed by atoms with Gasteiger partial charge in [0.05, 0.1) is 5.69 Å². The molecular weight excluding hydrogens is 224 g/mol. The van der Waals surface area contributed by atoms with Gasteiger partial charge in [-0.1, -0.05) is 0 Å². The smallest absolute Gasteiger partial charge is 0.257 e. The minimum absolute atomic E-state index is 0.202. The van der Waals surface area contributed by atoms with Crippen molar-refractivity contribution in [2.75, 3.05) is 5.32 Å². The van der Waals surface area contributed by atoms with Gasteiger partial charge in [0.2, 0.25) is 0 Å². The summed E-state index contributed by atoms with van der Waals surface area (Å²) >= 11 is 1.37. The molecule has 0 bridgehead atoms. The molecule has 0 radical (unpaired) electrons. The summed E-state index contributed by atoms with van der Waals surface area (Å²) in [5.74, 6) is -0.202. The van der Waals surface area contributed by atoms with Crippen LogP contribution in [0.25, 0.3) is 0 Å². The molecule has 0 aliphatic rings. The fraction of sp³-hybridized carbons (Fsp3) is 0.100. The summed E-state index contributed by atoms with van der Waals surface area (Å²) < 4.78 is 0. The zero-order chi connectivity index (χ0) is 11.4. The number of aromatic nitrogens is 2. The number of thiazole rings is 1. The number of carbonyl (C=O) groups excluding carboxylic acids is 1. The molecule has 0 aliphatic carbocycles. The van der Waals surface area contributed by atoms with Crippen molar-refractivity contribution in [3.8, 4) is 0 Å². The molecule has 2 rings (SSSR count). The van der Waals surface area contributed by atoms with E-state index >= 15 is 0 Å². The molecule has 0 atom stereocenters. The van der Waals surface area contributed by atoms with Gasteiger partial charge in [-0.25, -0.2) is 4.98 Å². The third kappa shape index (κ3) is 2.41. The van der Waals surface area contributed by atoms with E-state index in [0.29, 0.717) is 22.9 Å². The van der Waals surface area contributed by atoms with E-state index in [-0.39, 0.29) is 5.91 Å². The number of anilines is 1. The third-order valence-corrected chi connectivity index (χ3v) is 2.63. The van der Waals surface area contributed by atoms with E-state index in [4.69, 9.17) is 5.73 Å². The normalized spacial score (nSPS) is 10.1. The molecule has 6 heteroatoms. The Kier molecular flexibility index (Phi) is 3.23. The molecule has 1 amide bonds. The van der Waals surface area contributed by atoms with Gasteiger partial charge in [0, 0.05) is 29.9 Å². The Hall–Kier alpha value is -1.79. The molecule has 0 fully saturated rings. The predicted octanol–water partition coefficient (Wildman–Crippen LogP) is 1.25. The van der Waals surface area contributed by atoms with Gasteiger partial charge in [-0.2, -0.15) is 0 Å². The molecule has 2 heterocycles. The highest BCUT2D eigenvalue weighted by Gasteiger charge is 2.07. The Bertz CT molecular complexity index is 483. The standard InChI is InChI=1S/C10H10N4OS/c11-6-8-5-7(1-2-12-8)9(15)14-10-13-3-4-16-10/h1-5H,6,11H2,(H,13,14,15). The molecule has 3 N–H and O–H groups in total. The Morgan fingerprint density at radius 2 is 2.31 bits per heavy atom. The van der Waals surface area contributed by atoms with Crippen LogP contribution >= 0.6 is 11.3 Å². The highest BCUT2D eigenvalue weighted by atomic mass is 32.1. The summed E-state index contributed by atoms with van der Waals surface area (Å²) in [4.78, 5) is 19.8. The SMILES string of the molecule is NCc1cc(C(=O)Nc2nccs2)ccn1. The van der Waals surface area contributed by atoms with Gasteiger partial charge in [-0.15, -0.1) is 11.3 Å². The molecule has 5 nitrogen and oxygen atoms in total. The number of hydrogen-bond donors (Lipinski definition) is 2. The van der Waals surface area contributed by atoms with Crippen molar-refractivity contribution in [3.05, 3.63) is 41.2 Å². The van der Waals surface area contributed by atoms with Crippen LogP contribution < -0.4 is 11.1 Å². The van der Waals surface area contributed by atoms with Gasteiger partial charge in [-0.05, 0) is 12.1 Å². The number of pyridine rings is 1. The summed E-state index contributed by atoms with van der Waals surface area (Å²) in [6.45, 7) is 0.318. The van der Waals surface area contributed by atoms with Crippen molar-refractivity contribution in [3.63, 3.8) is 0 Å². The summed E-state index contributed by atoms with van der Waals surface area (Å²) in [7, 11) is 0. The fourth-order valence-electron chi connectivity index (χ4n) is 1.19. The van der Waals surface area contributed by atoms with E-state index < -0.39 is 0 Å². The van der Waals surface area contributed by atoms with Crippen molar-refractivity contribution in [1.29, 1.82) is 0 Å². The number of nitrogens with zero attached hydrogens (tertiary/aromatic N) is 2. The fourth-order valence-corrected chi connectivity index (χ4v) is 1.71. The van der Waals surface area contributed by atoms with Crippen molar-refractivity contribution in [1.82, 2.24) is 9.97 Å². The Morgan fingerprint density at radius 1 is 1.44 bits per heavy atom. The Balaban J connectivity index is 2.14. The number of rotatable bonds is 3. The number of hydrogen-bond acceptors (Lipinski definition) is 5. The van der Waals surface area contributed by atoms with Crippen molar-refractivity contribution < 1.29 is 4.79 Å². The van der Waals surface area contributed by atoms with Crippen LogP contribution in [-0.2, 0) is 6.54 Å². The van der Waals surface area contributed by atoms with Crippen LogP contribution in [0.4, 0.5) is 5.13 Å². The van der Waals surface area contributed by atoms with Gasteiger partial charge >= 0.3 is 0 Å². The number of amides is 1. The van der Waals surface area contributed by atoms with Crippen LogP contribution in [0.1, 0.15) is 16.1 Å². The van der Waals surface area contributed by atoms with Crippen molar-refractivity contribution in [2.45, 2.75) is 6.54 Å². The quantitative estimate of drug-likeness (QED) is 0.837. The third-order valence-electron chi connectivity index (χ3n) is 1.94. The Labute approximate surface area is 96.3 Å². The van der Waals surface area contributed by atoms with E-state index in [1.807, 2.05) is 0 Å². The minimum Gasteiger partial charge on any atom is -0.325 e. The summed E-state index contributed by atoms with van der Waals surface area (Å²) in [6.07, 6.45) is 3.21. The van der Waals surface area contributed by atoms with Crippen molar-refractivity contribution >= 4 is 22.4 Å². The first kappa shape index (κ1) is 10.7. The van der Waals surface area contributed by atoms with E-state index in [2.05, 4.69) is 15.3 Å². The predicted molar refractivity (Wildman–Crippen MR) is 62.2 cm³/mol. The highest BCUT2D eigenvalue weighted by Crippen LogP contribution is 2.12. The van der Waals surface area contributed by atoms with Crippen LogP contribution in [0.2, 0.25) is 0 Å². The number of nitrogens with two attached hydrogens (primary N) is 1. The average molecular weight is 234 g/mol. The number of nitrogens with one attached hydrogen (secondary N) is 1. The second kappa shape index (κ2) is 4.82. The molecule has 0 aliphatic heterocycles. The molecule has 0 spiro atoms. The molecule has 82 valence electrons. The summed E-state index contributed by atoms with van der Waals surface area (Å²) in [5, 5.41) is 5.07. The van der Waals surface area contributed by atoms with Gasteiger partial charge in [0.1, 0.15) is 0 Å². The van der Waals surface area contributed by atoms with Crippen LogP contribution in [-0.4, -0.2) is 15.9 Å². The molecule has 0 aromatic carbocycles. The van der Waals surface area contributed by atoms with Gasteiger partial charge in [-0.3, -0.25) is 15.1 Å². The molecule has 2 aromatic heterocycles. The summed E-state index contributed by atoms with van der Waals surface area (Å²) in [5.41, 5.74) is 6.67. The van der Waals surface area contributed by atoms with E-state index in [1.54, 1.807) is 29.9 Å². The average Bonchev–Trinajstić information content (AvgIpc) is 2.82. The molecular formula is C10H10N4OS. The second-order valence-corrected chi connectivity index (χ2v) is 3.93. The zero-order valence-corrected chi connectivity index (χ0v) is 9.20. The number of carbonyl (C=O) groups is 1. The lowest BCUT2D eigenvalue weighted by molar-refractivity contribution is 0.102. The maximum atomic E-state index is 11.8. The van der Waals surface area contributed by atoms with E-state index in [0.717, 1.165) is 0 Å². The maximum Gasteiger partial charge on any atom is 0.257 e. The van der Waals surface area contributed by atoms with Gasteiger partial charge in [0.25, 0.3) is 5.91 Å². The Morgan fingerprint density at radius 3 is 3.00 bits per heavy atom. The van der Waals surface area contributed by atoms with E-state index in [9.17, 15) is 4.79 Å². The second-order valence-electron chi connectivity index (χ2n) is 3.03. The zero-order valence-electron chi connectivity index (χ0n) is 8.38. The molecule has 0 saturated heterocycles. The maximum absolute atomic E-state index is 11.8. The van der Waals surface area contributed by atoms with Crippen LogP contribution in [0, 0.1) is 0 Å². The molecule has 0 saturated carbocycles. The van der Waals surface area contributed by atoms with Gasteiger partial charge in [0.15, 0.2) is 5.13 Å². The van der Waals surface area contributed by atoms with E-state index in [1.165, 1.54) is 11.3 Å². The van der Waals surface area contributed by atoms with Crippen LogP contribution in [0.15, 0.2) is 29.9 Å². The molecule has 2 aromatic rings. The molecule has 0 unspecified atom stereocenters. The van der Waals surface area contributed by atoms with Gasteiger partial charge < -0.3 is 5.73 Å². The van der Waals surface area contributed by atoms with Crippen molar-refractivity contribution in [2.24, 2.45) is 5.73 Å².